The Kier molecular flexibility index (Phi) is 4.07. The molecule has 3 heterocycles. The summed E-state index contributed by atoms with van der Waals surface area (Å²) in [6, 6.07) is 3.82. The number of rotatable bonds is 3. The molecular weight excluding hydrogens is 394 g/mol. The third-order valence-corrected chi connectivity index (χ3v) is 8.39. The highest BCUT2D eigenvalue weighted by Gasteiger charge is 2.25. The highest BCUT2D eigenvalue weighted by molar-refractivity contribution is 9.10. The molecule has 21 heavy (non-hydrogen) atoms. The number of sulfonamides is 1. The molecule has 0 aromatic carbocycles. The predicted octanol–water partition coefficient (Wildman–Crippen LogP) is 2.89. The topological polar surface area (TPSA) is 82.0 Å². The molecule has 0 spiro atoms. The minimum absolute atomic E-state index is 0.218. The highest BCUT2D eigenvalue weighted by atomic mass is 79.9. The third-order valence-electron chi connectivity index (χ3n) is 3.10. The first-order valence-electron chi connectivity index (χ1n) is 6.04. The van der Waals surface area contributed by atoms with Crippen molar-refractivity contribution in [2.45, 2.75) is 17.2 Å². The number of fused-ring (bicyclic) bond motifs is 1. The molecule has 5 nitrogen and oxygen atoms in total. The van der Waals surface area contributed by atoms with Crippen molar-refractivity contribution in [2.24, 2.45) is 0 Å². The van der Waals surface area contributed by atoms with Crippen molar-refractivity contribution in [1.29, 1.82) is 5.26 Å². The van der Waals surface area contributed by atoms with E-state index in [1.54, 1.807) is 11.4 Å². The normalized spacial score (nSPS) is 14.5. The number of halogens is 1. The fraction of sp³-hybridized carbons (Fsp3) is 0.250. The van der Waals surface area contributed by atoms with E-state index in [4.69, 9.17) is 0 Å². The molecular formula is C12H10BrN3O2S3. The lowest BCUT2D eigenvalue weighted by Gasteiger charge is -2.11. The Morgan fingerprint density at radius 1 is 1.48 bits per heavy atom. The van der Waals surface area contributed by atoms with E-state index < -0.39 is 10.0 Å². The van der Waals surface area contributed by atoms with Gasteiger partial charge >= 0.3 is 0 Å². The fourth-order valence-corrected chi connectivity index (χ4v) is 6.98. The molecule has 0 atom stereocenters. The van der Waals surface area contributed by atoms with Gasteiger partial charge in [-0.25, -0.2) is 8.42 Å². The SMILES string of the molecule is N#Cc1c(NS(=O)(=O)c2sccc2Br)sc2c1CCNC2. The highest BCUT2D eigenvalue weighted by Crippen LogP contribution is 2.37. The van der Waals surface area contributed by atoms with E-state index in [2.05, 4.69) is 32.0 Å². The first-order chi connectivity index (χ1) is 10.0. The van der Waals surface area contributed by atoms with Crippen LogP contribution in [0.15, 0.2) is 20.1 Å². The fourth-order valence-electron chi connectivity index (χ4n) is 2.16. The third kappa shape index (κ3) is 2.74. The summed E-state index contributed by atoms with van der Waals surface area (Å²) in [7, 11) is -3.67. The van der Waals surface area contributed by atoms with Gasteiger partial charge in [0.2, 0.25) is 0 Å². The summed E-state index contributed by atoms with van der Waals surface area (Å²) in [5, 5.41) is 14.7. The van der Waals surface area contributed by atoms with E-state index in [0.29, 0.717) is 21.6 Å². The molecule has 2 N–H and O–H groups in total. The predicted molar refractivity (Wildman–Crippen MR) is 87.3 cm³/mol. The number of anilines is 1. The second-order valence-corrected chi connectivity index (χ2v) is 9.16. The van der Waals surface area contributed by atoms with E-state index in [1.165, 1.54) is 11.3 Å². The van der Waals surface area contributed by atoms with Gasteiger partial charge in [0.15, 0.2) is 4.21 Å². The molecule has 2 aromatic rings. The Morgan fingerprint density at radius 3 is 2.95 bits per heavy atom. The van der Waals surface area contributed by atoms with Crippen molar-refractivity contribution in [3.05, 3.63) is 31.9 Å². The Morgan fingerprint density at radius 2 is 2.29 bits per heavy atom. The summed E-state index contributed by atoms with van der Waals surface area (Å²) in [6.45, 7) is 1.49. The van der Waals surface area contributed by atoms with Crippen LogP contribution in [0.3, 0.4) is 0 Å². The summed E-state index contributed by atoms with van der Waals surface area (Å²) in [4.78, 5) is 1.03. The van der Waals surface area contributed by atoms with Gasteiger partial charge in [-0.1, -0.05) is 0 Å². The quantitative estimate of drug-likeness (QED) is 0.824. The van der Waals surface area contributed by atoms with Gasteiger partial charge < -0.3 is 5.32 Å². The zero-order chi connectivity index (χ0) is 15.0. The second kappa shape index (κ2) is 5.70. The smallest absolute Gasteiger partial charge is 0.273 e. The molecule has 2 aromatic heterocycles. The Hall–Kier alpha value is -0.920. The standard InChI is InChI=1S/C12H10BrN3O2S3/c13-9-2-4-19-12(9)21(17,18)16-11-8(5-14)7-1-3-15-6-10(7)20-11/h2,4,15-16H,1,3,6H2. The van der Waals surface area contributed by atoms with Crippen LogP contribution < -0.4 is 10.0 Å². The molecule has 110 valence electrons. The maximum absolute atomic E-state index is 12.4. The Labute approximate surface area is 138 Å². The van der Waals surface area contributed by atoms with Gasteiger partial charge in [-0.05, 0) is 45.9 Å². The molecule has 0 saturated carbocycles. The summed E-state index contributed by atoms with van der Waals surface area (Å²) in [6.07, 6.45) is 0.749. The van der Waals surface area contributed by atoms with E-state index in [1.807, 2.05) is 0 Å². The average Bonchev–Trinajstić information content (AvgIpc) is 3.01. The number of hydrogen-bond donors (Lipinski definition) is 2. The molecule has 9 heteroatoms. The molecule has 0 bridgehead atoms. The summed E-state index contributed by atoms with van der Waals surface area (Å²) < 4.78 is 28.1. The zero-order valence-electron chi connectivity index (χ0n) is 10.6. The van der Waals surface area contributed by atoms with E-state index >= 15 is 0 Å². The molecule has 0 aliphatic carbocycles. The van der Waals surface area contributed by atoms with Gasteiger partial charge in [0, 0.05) is 15.9 Å². The number of nitrogens with zero attached hydrogens (tertiary/aromatic N) is 1. The maximum atomic E-state index is 12.4. The number of hydrogen-bond acceptors (Lipinski definition) is 6. The summed E-state index contributed by atoms with van der Waals surface area (Å²) >= 11 is 5.69. The van der Waals surface area contributed by atoms with Crippen LogP contribution in [0.5, 0.6) is 0 Å². The van der Waals surface area contributed by atoms with Crippen molar-refractivity contribution in [3.63, 3.8) is 0 Å². The van der Waals surface area contributed by atoms with Gasteiger partial charge in [0.1, 0.15) is 11.1 Å². The lowest BCUT2D eigenvalue weighted by atomic mass is 10.1. The number of nitriles is 1. The molecule has 0 fully saturated rings. The molecule has 0 unspecified atom stereocenters. The van der Waals surface area contributed by atoms with Crippen molar-refractivity contribution < 1.29 is 8.42 Å². The van der Waals surface area contributed by atoms with Gasteiger partial charge in [0.05, 0.1) is 5.56 Å². The zero-order valence-corrected chi connectivity index (χ0v) is 14.7. The minimum atomic E-state index is -3.67. The van der Waals surface area contributed by atoms with Crippen LogP contribution in [0.25, 0.3) is 0 Å². The van der Waals surface area contributed by atoms with Gasteiger partial charge in [-0.2, -0.15) is 5.26 Å². The van der Waals surface area contributed by atoms with Crippen LogP contribution in [0, 0.1) is 11.3 Å². The number of nitrogens with one attached hydrogen (secondary N) is 2. The molecule has 1 aliphatic rings. The van der Waals surface area contributed by atoms with Crippen molar-refractivity contribution >= 4 is 53.6 Å². The molecule has 0 amide bonds. The van der Waals surface area contributed by atoms with Crippen molar-refractivity contribution in [2.75, 3.05) is 11.3 Å². The van der Waals surface area contributed by atoms with Gasteiger partial charge in [0.25, 0.3) is 10.0 Å². The summed E-state index contributed by atoms with van der Waals surface area (Å²) in [5.74, 6) is 0. The first kappa shape index (κ1) is 15.0. The monoisotopic (exact) mass is 403 g/mol. The van der Waals surface area contributed by atoms with Crippen molar-refractivity contribution in [1.82, 2.24) is 5.32 Å². The summed E-state index contributed by atoms with van der Waals surface area (Å²) in [5.41, 5.74) is 1.41. The van der Waals surface area contributed by atoms with Crippen LogP contribution in [-0.4, -0.2) is 15.0 Å². The molecule has 1 aliphatic heterocycles. The van der Waals surface area contributed by atoms with Crippen LogP contribution in [0.1, 0.15) is 16.0 Å². The Balaban J connectivity index is 2.01. The minimum Gasteiger partial charge on any atom is -0.312 e. The Bertz CT molecular complexity index is 833. The lowest BCUT2D eigenvalue weighted by Crippen LogP contribution is -2.22. The maximum Gasteiger partial charge on any atom is 0.273 e. The second-order valence-electron chi connectivity index (χ2n) is 4.41. The van der Waals surface area contributed by atoms with E-state index in [0.717, 1.165) is 34.7 Å². The first-order valence-corrected chi connectivity index (χ1v) is 10.0. The average molecular weight is 404 g/mol. The van der Waals surface area contributed by atoms with Crippen LogP contribution in [0.2, 0.25) is 0 Å². The van der Waals surface area contributed by atoms with E-state index in [-0.39, 0.29) is 4.21 Å². The molecule has 0 radical (unpaired) electrons. The largest absolute Gasteiger partial charge is 0.312 e. The van der Waals surface area contributed by atoms with Crippen LogP contribution >= 0.6 is 38.6 Å². The van der Waals surface area contributed by atoms with Crippen molar-refractivity contribution in [3.8, 4) is 6.07 Å². The van der Waals surface area contributed by atoms with Gasteiger partial charge in [-0.15, -0.1) is 22.7 Å². The van der Waals surface area contributed by atoms with Crippen LogP contribution in [-0.2, 0) is 23.0 Å². The van der Waals surface area contributed by atoms with E-state index in [9.17, 15) is 13.7 Å². The number of thiophene rings is 2. The van der Waals surface area contributed by atoms with Gasteiger partial charge in [-0.3, -0.25) is 4.72 Å². The van der Waals surface area contributed by atoms with Crippen LogP contribution in [0.4, 0.5) is 5.00 Å². The molecule has 0 saturated heterocycles. The lowest BCUT2D eigenvalue weighted by molar-refractivity contribution is 0.603. The molecule has 3 rings (SSSR count).